The van der Waals surface area contributed by atoms with E-state index >= 15 is 0 Å². The minimum Gasteiger partial charge on any atom is -0.497 e. The molecule has 3 heteroatoms. The Bertz CT molecular complexity index is 592. The Morgan fingerprint density at radius 2 is 1.80 bits per heavy atom. The van der Waals surface area contributed by atoms with E-state index in [0.29, 0.717) is 0 Å². The third kappa shape index (κ3) is 2.57. The lowest BCUT2D eigenvalue weighted by Crippen LogP contribution is -2.24. The van der Waals surface area contributed by atoms with Crippen molar-refractivity contribution in [2.75, 3.05) is 30.9 Å². The fourth-order valence-electron chi connectivity index (χ4n) is 2.70. The maximum absolute atomic E-state index is 5.17. The number of nitrogens with one attached hydrogen (secondary N) is 1. The minimum atomic E-state index is 0.877. The predicted octanol–water partition coefficient (Wildman–Crippen LogP) is 3.82. The highest BCUT2D eigenvalue weighted by Crippen LogP contribution is 2.30. The summed E-state index contributed by atoms with van der Waals surface area (Å²) in [5.41, 5.74) is 5.01. The summed E-state index contributed by atoms with van der Waals surface area (Å²) in [5.74, 6) is 0.877. The molecule has 0 atom stereocenters. The third-order valence-electron chi connectivity index (χ3n) is 3.81. The molecule has 3 nitrogen and oxygen atoms in total. The van der Waals surface area contributed by atoms with Crippen LogP contribution in [-0.4, -0.2) is 20.7 Å². The molecule has 0 spiro atoms. The van der Waals surface area contributed by atoms with Gasteiger partial charge in [0.2, 0.25) is 0 Å². The van der Waals surface area contributed by atoms with Crippen molar-refractivity contribution in [3.8, 4) is 5.75 Å². The number of fused-ring (bicyclic) bond motifs is 1. The van der Waals surface area contributed by atoms with E-state index in [1.54, 1.807) is 7.11 Å². The quantitative estimate of drug-likeness (QED) is 0.915. The summed E-state index contributed by atoms with van der Waals surface area (Å²) in [6.45, 7) is 1.15. The van der Waals surface area contributed by atoms with Crippen LogP contribution in [0, 0.1) is 0 Å². The number of hydrogen-bond donors (Lipinski definition) is 1. The second-order valence-corrected chi connectivity index (χ2v) is 5.22. The first-order valence-corrected chi connectivity index (χ1v) is 7.01. The molecule has 2 aromatic rings. The summed E-state index contributed by atoms with van der Waals surface area (Å²) < 4.78 is 5.17. The lowest BCUT2D eigenvalue weighted by molar-refractivity contribution is 0.415. The Morgan fingerprint density at radius 3 is 2.55 bits per heavy atom. The normalized spacial score (nSPS) is 13.8. The van der Waals surface area contributed by atoms with E-state index in [4.69, 9.17) is 4.74 Å². The van der Waals surface area contributed by atoms with Crippen molar-refractivity contribution in [3.63, 3.8) is 0 Å². The molecule has 0 fully saturated rings. The summed E-state index contributed by atoms with van der Waals surface area (Å²) in [7, 11) is 3.84. The van der Waals surface area contributed by atoms with E-state index in [0.717, 1.165) is 30.1 Å². The van der Waals surface area contributed by atoms with Gasteiger partial charge in [-0.15, -0.1) is 0 Å². The molecule has 1 aliphatic rings. The fraction of sp³-hybridized carbons (Fsp3) is 0.294. The zero-order valence-electron chi connectivity index (χ0n) is 12.0. The molecule has 3 rings (SSSR count). The molecule has 1 N–H and O–H groups in total. The lowest BCUT2D eigenvalue weighted by Gasteiger charge is -2.28. The Hall–Kier alpha value is -2.16. The van der Waals surface area contributed by atoms with Crippen LogP contribution in [0.4, 0.5) is 17.1 Å². The molecule has 0 radical (unpaired) electrons. The molecule has 0 amide bonds. The summed E-state index contributed by atoms with van der Waals surface area (Å²) in [6, 6.07) is 14.6. The van der Waals surface area contributed by atoms with Crippen molar-refractivity contribution in [2.24, 2.45) is 0 Å². The SMILES string of the molecule is COc1ccc(Nc2ccc3c(c2)CCCN3C)cc1. The first-order chi connectivity index (χ1) is 9.76. The van der Waals surface area contributed by atoms with Crippen molar-refractivity contribution >= 4 is 17.1 Å². The number of aryl methyl sites for hydroxylation is 1. The molecule has 2 aromatic carbocycles. The van der Waals surface area contributed by atoms with Crippen LogP contribution < -0.4 is 15.0 Å². The first-order valence-electron chi connectivity index (χ1n) is 7.01. The van der Waals surface area contributed by atoms with Crippen LogP contribution in [0.1, 0.15) is 12.0 Å². The van der Waals surface area contributed by atoms with Crippen molar-refractivity contribution < 1.29 is 4.74 Å². The topological polar surface area (TPSA) is 24.5 Å². The smallest absolute Gasteiger partial charge is 0.119 e. The van der Waals surface area contributed by atoms with Gasteiger partial charge in [-0.1, -0.05) is 0 Å². The van der Waals surface area contributed by atoms with Gasteiger partial charge < -0.3 is 15.0 Å². The number of nitrogens with zero attached hydrogens (tertiary/aromatic N) is 1. The zero-order valence-corrected chi connectivity index (χ0v) is 12.0. The maximum atomic E-state index is 5.17. The molecule has 1 aliphatic heterocycles. The molecule has 0 aliphatic carbocycles. The van der Waals surface area contributed by atoms with Crippen molar-refractivity contribution in [1.82, 2.24) is 0 Å². The number of benzene rings is 2. The molecule has 1 heterocycles. The first kappa shape index (κ1) is 12.9. The molecule has 104 valence electrons. The van der Waals surface area contributed by atoms with Crippen molar-refractivity contribution in [3.05, 3.63) is 48.0 Å². The van der Waals surface area contributed by atoms with Crippen LogP contribution in [0.15, 0.2) is 42.5 Å². The molecule has 0 saturated carbocycles. The lowest BCUT2D eigenvalue weighted by atomic mass is 10.0. The van der Waals surface area contributed by atoms with Gasteiger partial charge in [0.15, 0.2) is 0 Å². The van der Waals surface area contributed by atoms with Gasteiger partial charge in [0.1, 0.15) is 5.75 Å². The van der Waals surface area contributed by atoms with Crippen LogP contribution in [0.25, 0.3) is 0 Å². The largest absolute Gasteiger partial charge is 0.497 e. The van der Waals surface area contributed by atoms with Crippen molar-refractivity contribution in [2.45, 2.75) is 12.8 Å². The minimum absolute atomic E-state index is 0.877. The Balaban J connectivity index is 1.80. The van der Waals surface area contributed by atoms with Crippen LogP contribution in [-0.2, 0) is 6.42 Å². The van der Waals surface area contributed by atoms with E-state index < -0.39 is 0 Å². The van der Waals surface area contributed by atoms with Crippen molar-refractivity contribution in [1.29, 1.82) is 0 Å². The second-order valence-electron chi connectivity index (χ2n) is 5.22. The van der Waals surface area contributed by atoms with E-state index in [1.807, 2.05) is 24.3 Å². The van der Waals surface area contributed by atoms with Crippen LogP contribution >= 0.6 is 0 Å². The molecule has 0 bridgehead atoms. The van der Waals surface area contributed by atoms with E-state index in [9.17, 15) is 0 Å². The van der Waals surface area contributed by atoms with Crippen LogP contribution in [0.2, 0.25) is 0 Å². The molecule has 0 unspecified atom stereocenters. The zero-order chi connectivity index (χ0) is 13.9. The van der Waals surface area contributed by atoms with Gasteiger partial charge in [-0.2, -0.15) is 0 Å². The van der Waals surface area contributed by atoms with Gasteiger partial charge in [0, 0.05) is 30.7 Å². The monoisotopic (exact) mass is 268 g/mol. The molecular weight excluding hydrogens is 248 g/mol. The van der Waals surface area contributed by atoms with Gasteiger partial charge in [0.25, 0.3) is 0 Å². The Labute approximate surface area is 120 Å². The fourth-order valence-corrected chi connectivity index (χ4v) is 2.70. The summed E-state index contributed by atoms with van der Waals surface area (Å²) in [4.78, 5) is 2.33. The summed E-state index contributed by atoms with van der Waals surface area (Å²) in [5, 5.41) is 3.45. The summed E-state index contributed by atoms with van der Waals surface area (Å²) >= 11 is 0. The number of ether oxygens (including phenoxy) is 1. The number of rotatable bonds is 3. The van der Waals surface area contributed by atoms with Gasteiger partial charge in [0.05, 0.1) is 7.11 Å². The second kappa shape index (κ2) is 5.45. The van der Waals surface area contributed by atoms with E-state index in [1.165, 1.54) is 17.7 Å². The average Bonchev–Trinajstić information content (AvgIpc) is 2.48. The third-order valence-corrected chi connectivity index (χ3v) is 3.81. The Morgan fingerprint density at radius 1 is 1.05 bits per heavy atom. The van der Waals surface area contributed by atoms with Gasteiger partial charge in [-0.25, -0.2) is 0 Å². The highest BCUT2D eigenvalue weighted by Gasteiger charge is 2.13. The van der Waals surface area contributed by atoms with Gasteiger partial charge >= 0.3 is 0 Å². The van der Waals surface area contributed by atoms with Crippen LogP contribution in [0.3, 0.4) is 0 Å². The Kier molecular flexibility index (Phi) is 3.50. The molecular formula is C17H20N2O. The highest BCUT2D eigenvalue weighted by molar-refractivity contribution is 5.67. The number of hydrogen-bond acceptors (Lipinski definition) is 3. The average molecular weight is 268 g/mol. The predicted molar refractivity (Wildman–Crippen MR) is 84.3 cm³/mol. The molecule has 0 aromatic heterocycles. The van der Waals surface area contributed by atoms with E-state index in [2.05, 4.69) is 35.5 Å². The molecule has 20 heavy (non-hydrogen) atoms. The molecule has 0 saturated heterocycles. The van der Waals surface area contributed by atoms with Gasteiger partial charge in [-0.05, 0) is 60.9 Å². The standard InChI is InChI=1S/C17H20N2O/c1-19-11-3-4-13-12-15(7-10-17(13)19)18-14-5-8-16(20-2)9-6-14/h5-10,12,18H,3-4,11H2,1-2H3. The highest BCUT2D eigenvalue weighted by atomic mass is 16.5. The number of methoxy groups -OCH3 is 1. The summed E-state index contributed by atoms with van der Waals surface area (Å²) in [6.07, 6.45) is 2.40. The van der Waals surface area contributed by atoms with Gasteiger partial charge in [-0.3, -0.25) is 0 Å². The van der Waals surface area contributed by atoms with Crippen LogP contribution in [0.5, 0.6) is 5.75 Å². The maximum Gasteiger partial charge on any atom is 0.119 e. The van der Waals surface area contributed by atoms with E-state index in [-0.39, 0.29) is 0 Å². The number of anilines is 3.